The van der Waals surface area contributed by atoms with E-state index in [9.17, 15) is 14.4 Å². The molecule has 5 nitrogen and oxygen atoms in total. The highest BCUT2D eigenvalue weighted by Crippen LogP contribution is 2.33. The van der Waals surface area contributed by atoms with Crippen LogP contribution in [0.3, 0.4) is 0 Å². The van der Waals surface area contributed by atoms with Gasteiger partial charge in [-0.3, -0.25) is 19.3 Å². The molecular formula is C14H23NO4S2. The summed E-state index contributed by atoms with van der Waals surface area (Å²) >= 11 is 3.12. The number of esters is 1. The third kappa shape index (κ3) is 4.92. The molecule has 0 N–H and O–H groups in total. The van der Waals surface area contributed by atoms with Crippen LogP contribution in [0.25, 0.3) is 0 Å². The van der Waals surface area contributed by atoms with Gasteiger partial charge in [0.2, 0.25) is 11.8 Å². The number of hydrogen-bond donors (Lipinski definition) is 0. The zero-order valence-electron chi connectivity index (χ0n) is 13.0. The SMILES string of the molecule is CSC(SC)C(OC(C)=O)C1CCCCN(C(C)=O)C1=O. The van der Waals surface area contributed by atoms with Crippen molar-refractivity contribution in [1.82, 2.24) is 4.90 Å². The molecule has 0 aromatic carbocycles. The van der Waals surface area contributed by atoms with Crippen molar-refractivity contribution in [2.24, 2.45) is 5.92 Å². The van der Waals surface area contributed by atoms with Gasteiger partial charge in [-0.05, 0) is 25.4 Å². The molecule has 7 heteroatoms. The van der Waals surface area contributed by atoms with Gasteiger partial charge in [0.15, 0.2) is 0 Å². The van der Waals surface area contributed by atoms with Crippen LogP contribution in [-0.2, 0) is 19.1 Å². The standard InChI is InChI=1S/C14H23NO4S2/c1-9(16)15-8-6-5-7-11(13(15)18)12(19-10(2)17)14(20-3)21-4/h11-12,14H,5-8H2,1-4H3. The fraction of sp³-hybridized carbons (Fsp3) is 0.786. The van der Waals surface area contributed by atoms with Crippen LogP contribution in [0.4, 0.5) is 0 Å². The summed E-state index contributed by atoms with van der Waals surface area (Å²) in [7, 11) is 0. The molecule has 0 saturated carbocycles. The first-order valence-electron chi connectivity index (χ1n) is 6.97. The Hall–Kier alpha value is -0.690. The topological polar surface area (TPSA) is 63.7 Å². The molecule has 1 heterocycles. The second-order valence-corrected chi connectivity index (χ2v) is 7.28. The molecule has 0 spiro atoms. The third-order valence-corrected chi connectivity index (χ3v) is 6.16. The lowest BCUT2D eigenvalue weighted by molar-refractivity contribution is -0.155. The molecule has 1 aliphatic heterocycles. The first-order valence-corrected chi connectivity index (χ1v) is 9.54. The molecule has 0 aromatic heterocycles. The summed E-state index contributed by atoms with van der Waals surface area (Å²) in [5.74, 6) is -1.28. The smallest absolute Gasteiger partial charge is 0.302 e. The van der Waals surface area contributed by atoms with Gasteiger partial charge < -0.3 is 4.74 Å². The molecule has 2 unspecified atom stereocenters. The Morgan fingerprint density at radius 1 is 1.24 bits per heavy atom. The molecule has 1 saturated heterocycles. The van der Waals surface area contributed by atoms with E-state index in [1.165, 1.54) is 18.7 Å². The Labute approximate surface area is 134 Å². The highest BCUT2D eigenvalue weighted by atomic mass is 32.2. The monoisotopic (exact) mass is 333 g/mol. The Morgan fingerprint density at radius 2 is 1.86 bits per heavy atom. The van der Waals surface area contributed by atoms with E-state index >= 15 is 0 Å². The normalized spacial score (nSPS) is 21.1. The molecule has 21 heavy (non-hydrogen) atoms. The van der Waals surface area contributed by atoms with Crippen molar-refractivity contribution in [2.75, 3.05) is 19.1 Å². The van der Waals surface area contributed by atoms with Crippen molar-refractivity contribution in [1.29, 1.82) is 0 Å². The zero-order chi connectivity index (χ0) is 16.0. The summed E-state index contributed by atoms with van der Waals surface area (Å²) in [5.41, 5.74) is 0. The van der Waals surface area contributed by atoms with Crippen LogP contribution < -0.4 is 0 Å². The van der Waals surface area contributed by atoms with E-state index in [-0.39, 0.29) is 22.4 Å². The van der Waals surface area contributed by atoms with Gasteiger partial charge in [0.05, 0.1) is 10.5 Å². The van der Waals surface area contributed by atoms with Crippen molar-refractivity contribution in [3.8, 4) is 0 Å². The van der Waals surface area contributed by atoms with Crippen LogP contribution in [0.5, 0.6) is 0 Å². The maximum atomic E-state index is 12.6. The Bertz CT molecular complexity index is 398. The van der Waals surface area contributed by atoms with Crippen LogP contribution in [-0.4, -0.2) is 52.4 Å². The summed E-state index contributed by atoms with van der Waals surface area (Å²) in [6.07, 6.45) is 5.67. The number of thioether (sulfide) groups is 2. The number of amides is 2. The molecule has 0 aromatic rings. The first-order chi connectivity index (χ1) is 9.92. The Balaban J connectivity index is 3.04. The minimum atomic E-state index is -0.500. The number of carbonyl (C=O) groups is 3. The van der Waals surface area contributed by atoms with E-state index in [2.05, 4.69) is 0 Å². The number of carbonyl (C=O) groups excluding carboxylic acids is 3. The lowest BCUT2D eigenvalue weighted by Crippen LogP contribution is -2.46. The lowest BCUT2D eigenvalue weighted by Gasteiger charge is -2.31. The Kier molecular flexibility index (Phi) is 7.59. The third-order valence-electron chi connectivity index (χ3n) is 3.54. The van der Waals surface area contributed by atoms with Crippen LogP contribution in [0, 0.1) is 5.92 Å². The predicted octanol–water partition coefficient (Wildman–Crippen LogP) is 2.15. The average molecular weight is 333 g/mol. The van der Waals surface area contributed by atoms with Crippen molar-refractivity contribution >= 4 is 41.3 Å². The van der Waals surface area contributed by atoms with Crippen molar-refractivity contribution in [3.05, 3.63) is 0 Å². The summed E-state index contributed by atoms with van der Waals surface area (Å²) in [5, 5.41) is 0. The Morgan fingerprint density at radius 3 is 2.33 bits per heavy atom. The van der Waals surface area contributed by atoms with Crippen LogP contribution >= 0.6 is 23.5 Å². The van der Waals surface area contributed by atoms with E-state index in [4.69, 9.17) is 4.74 Å². The number of nitrogens with zero attached hydrogens (tertiary/aromatic N) is 1. The first kappa shape index (κ1) is 18.4. The van der Waals surface area contributed by atoms with Crippen molar-refractivity contribution in [3.63, 3.8) is 0 Å². The highest BCUT2D eigenvalue weighted by Gasteiger charge is 2.40. The largest absolute Gasteiger partial charge is 0.460 e. The molecule has 2 amide bonds. The van der Waals surface area contributed by atoms with Gasteiger partial charge >= 0.3 is 5.97 Å². The number of rotatable bonds is 5. The van der Waals surface area contributed by atoms with Crippen LogP contribution in [0.15, 0.2) is 0 Å². The summed E-state index contributed by atoms with van der Waals surface area (Å²) in [4.78, 5) is 37.0. The molecule has 0 bridgehead atoms. The summed E-state index contributed by atoms with van der Waals surface area (Å²) in [6, 6.07) is 0. The maximum absolute atomic E-state index is 12.6. The molecule has 2 atom stereocenters. The van der Waals surface area contributed by atoms with Crippen molar-refractivity contribution in [2.45, 2.75) is 43.8 Å². The summed E-state index contributed by atoms with van der Waals surface area (Å²) in [6.45, 7) is 3.22. The fourth-order valence-electron chi connectivity index (χ4n) is 2.57. The number of likely N-dealkylation sites (tertiary alicyclic amines) is 1. The quantitative estimate of drug-likeness (QED) is 0.567. The maximum Gasteiger partial charge on any atom is 0.302 e. The van der Waals surface area contributed by atoms with E-state index in [0.29, 0.717) is 13.0 Å². The predicted molar refractivity (Wildman–Crippen MR) is 86.1 cm³/mol. The van der Waals surface area contributed by atoms with Gasteiger partial charge in [0.25, 0.3) is 0 Å². The molecule has 120 valence electrons. The molecule has 0 aliphatic carbocycles. The molecule has 0 radical (unpaired) electrons. The zero-order valence-corrected chi connectivity index (χ0v) is 14.6. The number of hydrogen-bond acceptors (Lipinski definition) is 6. The fourth-order valence-corrected chi connectivity index (χ4v) is 4.37. The van der Waals surface area contributed by atoms with E-state index in [1.54, 1.807) is 23.5 Å². The van der Waals surface area contributed by atoms with Gasteiger partial charge in [0, 0.05) is 20.4 Å². The molecule has 1 rings (SSSR count). The van der Waals surface area contributed by atoms with Gasteiger partial charge in [0.1, 0.15) is 6.10 Å². The van der Waals surface area contributed by atoms with Gasteiger partial charge in [-0.25, -0.2) is 0 Å². The van der Waals surface area contributed by atoms with Gasteiger partial charge in [-0.1, -0.05) is 6.42 Å². The van der Waals surface area contributed by atoms with E-state index < -0.39 is 12.0 Å². The number of ether oxygens (including phenoxy) is 1. The minimum absolute atomic E-state index is 0.0187. The second-order valence-electron chi connectivity index (χ2n) is 5.03. The molecular weight excluding hydrogens is 310 g/mol. The highest BCUT2D eigenvalue weighted by molar-refractivity contribution is 8.16. The molecule has 1 aliphatic rings. The minimum Gasteiger partial charge on any atom is -0.460 e. The average Bonchev–Trinajstić information content (AvgIpc) is 2.60. The van der Waals surface area contributed by atoms with E-state index in [0.717, 1.165) is 12.8 Å². The second kappa shape index (κ2) is 8.68. The van der Waals surface area contributed by atoms with Crippen LogP contribution in [0.2, 0.25) is 0 Å². The van der Waals surface area contributed by atoms with Gasteiger partial charge in [-0.15, -0.1) is 23.5 Å². The van der Waals surface area contributed by atoms with Crippen LogP contribution in [0.1, 0.15) is 33.1 Å². The van der Waals surface area contributed by atoms with Crippen molar-refractivity contribution < 1.29 is 19.1 Å². The molecule has 1 fully saturated rings. The lowest BCUT2D eigenvalue weighted by atomic mass is 9.96. The van der Waals surface area contributed by atoms with Gasteiger partial charge in [-0.2, -0.15) is 0 Å². The van der Waals surface area contributed by atoms with E-state index in [1.807, 2.05) is 12.5 Å². The summed E-state index contributed by atoms with van der Waals surface area (Å²) < 4.78 is 5.43. The number of imide groups is 1.